The fourth-order valence-electron chi connectivity index (χ4n) is 1.75. The van der Waals surface area contributed by atoms with Crippen LogP contribution in [0.5, 0.6) is 5.75 Å². The lowest BCUT2D eigenvalue weighted by molar-refractivity contribution is 0.333. The Bertz CT molecular complexity index is 493. The van der Waals surface area contributed by atoms with Gasteiger partial charge in [-0.15, -0.1) is 0 Å². The molecule has 0 heterocycles. The summed E-state index contributed by atoms with van der Waals surface area (Å²) in [4.78, 5) is 0. The van der Waals surface area contributed by atoms with Crippen molar-refractivity contribution in [2.45, 2.75) is 13.3 Å². The second-order valence-electron chi connectivity index (χ2n) is 4.28. The molecule has 0 bridgehead atoms. The molecule has 2 rings (SSSR count). The molecular weight excluding hydrogens is 302 g/mol. The zero-order valence-electron chi connectivity index (χ0n) is 11.0. The first kappa shape index (κ1) is 13.9. The average molecular weight is 320 g/mol. The van der Waals surface area contributed by atoms with Crippen molar-refractivity contribution < 1.29 is 4.74 Å². The minimum Gasteiger partial charge on any atom is -0.492 e. The Morgan fingerprint density at radius 1 is 1.00 bits per heavy atom. The fourth-order valence-corrected chi connectivity index (χ4v) is 2.02. The van der Waals surface area contributed by atoms with Crippen molar-refractivity contribution >= 4 is 21.6 Å². The maximum absolute atomic E-state index is 5.64. The molecule has 0 aliphatic rings. The number of hydrogen-bond donors (Lipinski definition) is 1. The van der Waals surface area contributed by atoms with Crippen LogP contribution in [0.25, 0.3) is 0 Å². The number of benzene rings is 2. The third-order valence-corrected chi connectivity index (χ3v) is 3.40. The van der Waals surface area contributed by atoms with Crippen LogP contribution in [0, 0.1) is 0 Å². The Labute approximate surface area is 122 Å². The van der Waals surface area contributed by atoms with Crippen molar-refractivity contribution in [3.05, 3.63) is 58.6 Å². The number of halogens is 1. The third kappa shape index (κ3) is 4.60. The van der Waals surface area contributed by atoms with Gasteiger partial charge in [-0.25, -0.2) is 0 Å². The fraction of sp³-hybridized carbons (Fsp3) is 0.250. The molecule has 19 heavy (non-hydrogen) atoms. The number of aryl methyl sites for hydroxylation is 1. The molecule has 2 aromatic carbocycles. The molecule has 0 fully saturated rings. The van der Waals surface area contributed by atoms with Crippen LogP contribution in [0.1, 0.15) is 12.5 Å². The minimum atomic E-state index is 0.650. The highest BCUT2D eigenvalue weighted by atomic mass is 79.9. The predicted molar refractivity (Wildman–Crippen MR) is 83.9 cm³/mol. The van der Waals surface area contributed by atoms with E-state index >= 15 is 0 Å². The van der Waals surface area contributed by atoms with Gasteiger partial charge >= 0.3 is 0 Å². The zero-order valence-corrected chi connectivity index (χ0v) is 12.6. The SMILES string of the molecule is CCc1ccc(NCCOc2ccc(Br)cc2)cc1. The largest absolute Gasteiger partial charge is 0.492 e. The van der Waals surface area contributed by atoms with Crippen LogP contribution in [0.3, 0.4) is 0 Å². The first-order valence-electron chi connectivity index (χ1n) is 6.49. The van der Waals surface area contributed by atoms with Crippen molar-refractivity contribution in [2.24, 2.45) is 0 Å². The van der Waals surface area contributed by atoms with E-state index in [4.69, 9.17) is 4.74 Å². The van der Waals surface area contributed by atoms with Crippen LogP contribution in [-0.4, -0.2) is 13.2 Å². The smallest absolute Gasteiger partial charge is 0.119 e. The van der Waals surface area contributed by atoms with E-state index in [2.05, 4.69) is 52.4 Å². The number of hydrogen-bond acceptors (Lipinski definition) is 2. The summed E-state index contributed by atoms with van der Waals surface area (Å²) in [5.74, 6) is 0.895. The molecule has 0 aliphatic heterocycles. The van der Waals surface area contributed by atoms with Crippen molar-refractivity contribution in [1.82, 2.24) is 0 Å². The molecule has 0 aromatic heterocycles. The summed E-state index contributed by atoms with van der Waals surface area (Å²) in [5, 5.41) is 3.34. The van der Waals surface area contributed by atoms with Gasteiger partial charge < -0.3 is 10.1 Å². The standard InChI is InChI=1S/C16H18BrNO/c1-2-13-3-7-15(8-4-13)18-11-12-19-16-9-5-14(17)6-10-16/h3-10,18H,2,11-12H2,1H3. The third-order valence-electron chi connectivity index (χ3n) is 2.88. The van der Waals surface area contributed by atoms with Crippen LogP contribution in [0.4, 0.5) is 5.69 Å². The maximum atomic E-state index is 5.64. The summed E-state index contributed by atoms with van der Waals surface area (Å²) < 4.78 is 6.71. The lowest BCUT2D eigenvalue weighted by Gasteiger charge is -2.09. The molecule has 0 spiro atoms. The van der Waals surface area contributed by atoms with E-state index in [9.17, 15) is 0 Å². The van der Waals surface area contributed by atoms with Crippen LogP contribution in [-0.2, 0) is 6.42 Å². The molecule has 0 saturated heterocycles. The van der Waals surface area contributed by atoms with Gasteiger partial charge in [0.15, 0.2) is 0 Å². The van der Waals surface area contributed by atoms with Crippen LogP contribution in [0.15, 0.2) is 53.0 Å². The molecule has 1 N–H and O–H groups in total. The number of nitrogens with one attached hydrogen (secondary N) is 1. The van der Waals surface area contributed by atoms with Gasteiger partial charge in [-0.3, -0.25) is 0 Å². The highest BCUT2D eigenvalue weighted by Crippen LogP contribution is 2.16. The molecule has 2 nitrogen and oxygen atoms in total. The van der Waals surface area contributed by atoms with E-state index in [1.807, 2.05) is 24.3 Å². The van der Waals surface area contributed by atoms with Crippen molar-refractivity contribution in [1.29, 1.82) is 0 Å². The van der Waals surface area contributed by atoms with Crippen molar-refractivity contribution in [3.8, 4) is 5.75 Å². The van der Waals surface area contributed by atoms with Gasteiger partial charge in [0, 0.05) is 16.7 Å². The molecule has 0 atom stereocenters. The van der Waals surface area contributed by atoms with Gasteiger partial charge in [-0.05, 0) is 48.4 Å². The Hall–Kier alpha value is -1.48. The normalized spacial score (nSPS) is 10.2. The summed E-state index contributed by atoms with van der Waals surface area (Å²) in [6.45, 7) is 3.60. The molecule has 0 unspecified atom stereocenters. The van der Waals surface area contributed by atoms with E-state index in [0.29, 0.717) is 6.61 Å². The first-order valence-corrected chi connectivity index (χ1v) is 7.28. The Morgan fingerprint density at radius 2 is 1.68 bits per heavy atom. The molecule has 0 aliphatic carbocycles. The van der Waals surface area contributed by atoms with E-state index in [0.717, 1.165) is 28.9 Å². The average Bonchev–Trinajstić information content (AvgIpc) is 2.46. The quantitative estimate of drug-likeness (QED) is 0.791. The summed E-state index contributed by atoms with van der Waals surface area (Å²) in [7, 11) is 0. The Kier molecular flexibility index (Phi) is 5.28. The highest BCUT2D eigenvalue weighted by Gasteiger charge is 1.95. The maximum Gasteiger partial charge on any atom is 0.119 e. The Balaban J connectivity index is 1.72. The van der Waals surface area contributed by atoms with Crippen LogP contribution < -0.4 is 10.1 Å². The van der Waals surface area contributed by atoms with Gasteiger partial charge in [0.1, 0.15) is 12.4 Å². The summed E-state index contributed by atoms with van der Waals surface area (Å²) >= 11 is 3.40. The van der Waals surface area contributed by atoms with E-state index in [1.54, 1.807) is 0 Å². The molecule has 0 radical (unpaired) electrons. The minimum absolute atomic E-state index is 0.650. The van der Waals surface area contributed by atoms with E-state index in [-0.39, 0.29) is 0 Å². The monoisotopic (exact) mass is 319 g/mol. The van der Waals surface area contributed by atoms with Gasteiger partial charge in [-0.1, -0.05) is 35.0 Å². The second-order valence-corrected chi connectivity index (χ2v) is 5.20. The molecule has 3 heteroatoms. The number of anilines is 1. The highest BCUT2D eigenvalue weighted by molar-refractivity contribution is 9.10. The molecule has 100 valence electrons. The topological polar surface area (TPSA) is 21.3 Å². The van der Waals surface area contributed by atoms with Gasteiger partial charge in [0.05, 0.1) is 0 Å². The molecule has 2 aromatic rings. The lowest BCUT2D eigenvalue weighted by atomic mass is 10.1. The van der Waals surface area contributed by atoms with E-state index in [1.165, 1.54) is 5.56 Å². The van der Waals surface area contributed by atoms with Gasteiger partial charge in [0.2, 0.25) is 0 Å². The molecular formula is C16H18BrNO. The molecule has 0 saturated carbocycles. The lowest BCUT2D eigenvalue weighted by Crippen LogP contribution is -2.11. The van der Waals surface area contributed by atoms with E-state index < -0.39 is 0 Å². The number of rotatable bonds is 6. The molecule has 0 amide bonds. The van der Waals surface area contributed by atoms with Crippen LogP contribution in [0.2, 0.25) is 0 Å². The summed E-state index contributed by atoms with van der Waals surface area (Å²) in [5.41, 5.74) is 2.49. The van der Waals surface area contributed by atoms with Crippen LogP contribution >= 0.6 is 15.9 Å². The Morgan fingerprint density at radius 3 is 2.32 bits per heavy atom. The summed E-state index contributed by atoms with van der Waals surface area (Å²) in [6, 6.07) is 16.4. The predicted octanol–water partition coefficient (Wildman–Crippen LogP) is 4.50. The first-order chi connectivity index (χ1) is 9.28. The van der Waals surface area contributed by atoms with Crippen molar-refractivity contribution in [2.75, 3.05) is 18.5 Å². The number of ether oxygens (including phenoxy) is 1. The van der Waals surface area contributed by atoms with Gasteiger partial charge in [0.25, 0.3) is 0 Å². The van der Waals surface area contributed by atoms with Crippen molar-refractivity contribution in [3.63, 3.8) is 0 Å². The second kappa shape index (κ2) is 7.19. The zero-order chi connectivity index (χ0) is 13.5. The van der Waals surface area contributed by atoms with Gasteiger partial charge in [-0.2, -0.15) is 0 Å². The summed E-state index contributed by atoms with van der Waals surface area (Å²) in [6.07, 6.45) is 1.08.